The van der Waals surface area contributed by atoms with E-state index in [1.54, 1.807) is 31.2 Å². The third-order valence-corrected chi connectivity index (χ3v) is 5.19. The highest BCUT2D eigenvalue weighted by Gasteiger charge is 2.42. The molecule has 3 aromatic carbocycles. The highest BCUT2D eigenvalue weighted by atomic mass is 35.5. The van der Waals surface area contributed by atoms with Crippen LogP contribution in [0, 0.1) is 6.92 Å². The van der Waals surface area contributed by atoms with Crippen LogP contribution in [-0.4, -0.2) is 28.0 Å². The van der Waals surface area contributed by atoms with Gasteiger partial charge in [0.1, 0.15) is 5.75 Å². The second-order valence-electron chi connectivity index (χ2n) is 6.57. The topological polar surface area (TPSA) is 94.9 Å². The summed E-state index contributed by atoms with van der Waals surface area (Å²) >= 11 is 6.25. The maximum atomic E-state index is 13.1. The Balaban J connectivity index is 1.88. The zero-order valence-electron chi connectivity index (χ0n) is 14.7. The molecule has 0 fully saturated rings. The first kappa shape index (κ1) is 18.0. The number of carboxylic acid groups (broad SMARTS) is 1. The van der Waals surface area contributed by atoms with E-state index in [1.807, 2.05) is 0 Å². The highest BCUT2D eigenvalue weighted by molar-refractivity contribution is 6.41. The lowest BCUT2D eigenvalue weighted by Crippen LogP contribution is -2.29. The number of aromatic hydroxyl groups is 1. The van der Waals surface area contributed by atoms with E-state index in [4.69, 9.17) is 16.7 Å². The van der Waals surface area contributed by atoms with Gasteiger partial charge in [0.25, 0.3) is 11.8 Å². The van der Waals surface area contributed by atoms with Crippen molar-refractivity contribution in [3.8, 4) is 5.75 Å². The van der Waals surface area contributed by atoms with Gasteiger partial charge in [0, 0.05) is 5.39 Å². The lowest BCUT2D eigenvalue weighted by molar-refractivity contribution is -0.136. The number of carboxylic acids is 1. The Labute approximate surface area is 164 Å². The monoisotopic (exact) mass is 395 g/mol. The molecule has 0 aromatic heterocycles. The fourth-order valence-electron chi connectivity index (χ4n) is 3.62. The molecule has 1 heterocycles. The second kappa shape index (κ2) is 6.35. The molecule has 0 atom stereocenters. The van der Waals surface area contributed by atoms with Gasteiger partial charge in [-0.2, -0.15) is 0 Å². The number of aryl methyl sites for hydroxylation is 1. The minimum atomic E-state index is -1.02. The van der Waals surface area contributed by atoms with Crippen molar-refractivity contribution in [3.05, 3.63) is 69.7 Å². The van der Waals surface area contributed by atoms with Crippen LogP contribution in [-0.2, 0) is 11.2 Å². The molecule has 4 rings (SSSR count). The molecule has 0 saturated heterocycles. The third kappa shape index (κ3) is 2.53. The van der Waals surface area contributed by atoms with Gasteiger partial charge in [-0.05, 0) is 35.6 Å². The number of carbonyl (C=O) groups is 3. The van der Waals surface area contributed by atoms with Crippen LogP contribution >= 0.6 is 11.6 Å². The molecule has 140 valence electrons. The summed E-state index contributed by atoms with van der Waals surface area (Å²) in [5.74, 6) is -2.50. The molecule has 3 aromatic rings. The van der Waals surface area contributed by atoms with Crippen LogP contribution in [0.25, 0.3) is 10.8 Å². The average Bonchev–Trinajstić information content (AvgIpc) is 2.91. The average molecular weight is 396 g/mol. The van der Waals surface area contributed by atoms with Crippen molar-refractivity contribution in [2.45, 2.75) is 13.3 Å². The van der Waals surface area contributed by atoms with Crippen LogP contribution in [0.15, 0.2) is 42.5 Å². The Morgan fingerprint density at radius 3 is 2.32 bits per heavy atom. The summed E-state index contributed by atoms with van der Waals surface area (Å²) in [6, 6.07) is 11.3. The van der Waals surface area contributed by atoms with Crippen molar-refractivity contribution in [2.75, 3.05) is 4.90 Å². The molecule has 0 bridgehead atoms. The summed E-state index contributed by atoms with van der Waals surface area (Å²) < 4.78 is 0. The molecule has 0 aliphatic carbocycles. The van der Waals surface area contributed by atoms with Crippen molar-refractivity contribution in [2.24, 2.45) is 0 Å². The summed E-state index contributed by atoms with van der Waals surface area (Å²) in [6.45, 7) is 1.73. The standard InChI is InChI=1S/C21H14ClNO5/c1-10-12-4-2-3-5-13(12)19(26)18-17(10)20(27)23(21(18)28)15-7-6-11(8-14(15)22)9-16(24)25/h2-8,26H,9H2,1H3,(H,24,25). The molecule has 1 aliphatic rings. The van der Waals surface area contributed by atoms with Crippen molar-refractivity contribution < 1.29 is 24.6 Å². The number of hydrogen-bond acceptors (Lipinski definition) is 4. The molecule has 0 unspecified atom stereocenters. The van der Waals surface area contributed by atoms with Crippen molar-refractivity contribution in [1.29, 1.82) is 0 Å². The predicted octanol–water partition coefficient (Wildman–Crippen LogP) is 3.93. The van der Waals surface area contributed by atoms with E-state index in [0.29, 0.717) is 21.9 Å². The van der Waals surface area contributed by atoms with Gasteiger partial charge < -0.3 is 10.2 Å². The van der Waals surface area contributed by atoms with Gasteiger partial charge in [0.15, 0.2) is 0 Å². The number of fused-ring (bicyclic) bond motifs is 2. The minimum absolute atomic E-state index is 0.0492. The number of phenolic OH excluding ortho intramolecular Hbond substituents is 1. The molecule has 2 amide bonds. The molecule has 0 radical (unpaired) electrons. The Hall–Kier alpha value is -3.38. The van der Waals surface area contributed by atoms with Gasteiger partial charge in [0.2, 0.25) is 0 Å². The fourth-order valence-corrected chi connectivity index (χ4v) is 3.91. The molecule has 7 heteroatoms. The highest BCUT2D eigenvalue weighted by Crippen LogP contribution is 2.42. The maximum Gasteiger partial charge on any atom is 0.307 e. The number of nitrogens with zero attached hydrogens (tertiary/aromatic N) is 1. The fraction of sp³-hybridized carbons (Fsp3) is 0.0952. The Bertz CT molecular complexity index is 1140. The molecule has 0 spiro atoms. The largest absolute Gasteiger partial charge is 0.506 e. The van der Waals surface area contributed by atoms with Gasteiger partial charge in [-0.15, -0.1) is 0 Å². The van der Waals surface area contributed by atoms with Crippen molar-refractivity contribution in [1.82, 2.24) is 0 Å². The Kier molecular flexibility index (Phi) is 4.08. The lowest BCUT2D eigenvalue weighted by Gasteiger charge is -2.16. The van der Waals surface area contributed by atoms with Crippen molar-refractivity contribution >= 4 is 45.8 Å². The molecular weight excluding hydrogens is 382 g/mol. The van der Waals surface area contributed by atoms with Crippen LogP contribution in [0.3, 0.4) is 0 Å². The molecule has 2 N–H and O–H groups in total. The summed E-state index contributed by atoms with van der Waals surface area (Å²) in [7, 11) is 0. The number of rotatable bonds is 3. The third-order valence-electron chi connectivity index (χ3n) is 4.89. The van der Waals surface area contributed by atoms with Gasteiger partial charge in [-0.3, -0.25) is 14.4 Å². The quantitative estimate of drug-likeness (QED) is 0.655. The summed E-state index contributed by atoms with van der Waals surface area (Å²) in [6.07, 6.45) is -0.229. The number of aliphatic carboxylic acids is 1. The summed E-state index contributed by atoms with van der Waals surface area (Å²) in [5, 5.41) is 20.8. The van der Waals surface area contributed by atoms with Gasteiger partial charge in [-0.25, -0.2) is 4.90 Å². The van der Waals surface area contributed by atoms with Crippen LogP contribution < -0.4 is 4.90 Å². The van der Waals surface area contributed by atoms with E-state index in [9.17, 15) is 19.5 Å². The summed E-state index contributed by atoms with van der Waals surface area (Å²) in [4.78, 5) is 37.9. The van der Waals surface area contributed by atoms with E-state index in [-0.39, 0.29) is 34.0 Å². The second-order valence-corrected chi connectivity index (χ2v) is 6.98. The van der Waals surface area contributed by atoms with Gasteiger partial charge in [0.05, 0.1) is 28.3 Å². The maximum absolute atomic E-state index is 13.1. The molecule has 28 heavy (non-hydrogen) atoms. The smallest absolute Gasteiger partial charge is 0.307 e. The first-order chi connectivity index (χ1) is 13.3. The first-order valence-corrected chi connectivity index (χ1v) is 8.82. The number of carbonyl (C=O) groups excluding carboxylic acids is 2. The lowest BCUT2D eigenvalue weighted by atomic mass is 9.95. The number of benzene rings is 3. The zero-order valence-corrected chi connectivity index (χ0v) is 15.4. The van der Waals surface area contributed by atoms with Crippen LogP contribution in [0.5, 0.6) is 5.75 Å². The van der Waals surface area contributed by atoms with E-state index in [2.05, 4.69) is 0 Å². The molecular formula is C21H14ClNO5. The number of phenols is 1. The van der Waals surface area contributed by atoms with E-state index in [1.165, 1.54) is 18.2 Å². The van der Waals surface area contributed by atoms with E-state index >= 15 is 0 Å². The number of imide groups is 1. The van der Waals surface area contributed by atoms with E-state index < -0.39 is 17.8 Å². The Morgan fingerprint density at radius 2 is 1.68 bits per heavy atom. The number of anilines is 1. The molecule has 1 aliphatic heterocycles. The van der Waals surface area contributed by atoms with Crippen molar-refractivity contribution in [3.63, 3.8) is 0 Å². The van der Waals surface area contributed by atoms with Gasteiger partial charge in [-0.1, -0.05) is 41.9 Å². The Morgan fingerprint density at radius 1 is 1.04 bits per heavy atom. The predicted molar refractivity (Wildman–Crippen MR) is 104 cm³/mol. The number of amides is 2. The van der Waals surface area contributed by atoms with Crippen LogP contribution in [0.1, 0.15) is 31.8 Å². The SMILES string of the molecule is Cc1c2c(c(O)c3ccccc13)C(=O)N(c1ccc(CC(=O)O)cc1Cl)C2=O. The molecule has 0 saturated carbocycles. The van der Waals surface area contributed by atoms with Crippen LogP contribution in [0.2, 0.25) is 5.02 Å². The zero-order chi connectivity index (χ0) is 20.2. The normalized spacial score (nSPS) is 13.3. The number of hydrogen-bond donors (Lipinski definition) is 2. The van der Waals surface area contributed by atoms with Crippen LogP contribution in [0.4, 0.5) is 5.69 Å². The molecule has 6 nitrogen and oxygen atoms in total. The minimum Gasteiger partial charge on any atom is -0.506 e. The summed E-state index contributed by atoms with van der Waals surface area (Å²) in [5.41, 5.74) is 1.29. The van der Waals surface area contributed by atoms with Gasteiger partial charge >= 0.3 is 5.97 Å². The first-order valence-electron chi connectivity index (χ1n) is 8.44. The number of halogens is 1. The van der Waals surface area contributed by atoms with E-state index in [0.717, 1.165) is 4.90 Å².